The van der Waals surface area contributed by atoms with Crippen molar-refractivity contribution in [3.05, 3.63) is 51.2 Å². The van der Waals surface area contributed by atoms with Gasteiger partial charge in [0, 0.05) is 15.1 Å². The summed E-state index contributed by atoms with van der Waals surface area (Å²) < 4.78 is 4.00. The second-order valence-electron chi connectivity index (χ2n) is 4.18. The number of aryl methyl sites for hydroxylation is 1. The van der Waals surface area contributed by atoms with Crippen LogP contribution in [0.1, 0.15) is 12.6 Å². The van der Waals surface area contributed by atoms with Gasteiger partial charge in [-0.25, -0.2) is 4.68 Å². The molecule has 3 nitrogen and oxygen atoms in total. The predicted molar refractivity (Wildman–Crippen MR) is 83.6 cm³/mol. The van der Waals surface area contributed by atoms with Gasteiger partial charge in [-0.1, -0.05) is 22.9 Å². The molecule has 3 rings (SSSR count). The molecular weight excluding hydrogens is 370 g/mol. The molecule has 0 aliphatic heterocycles. The van der Waals surface area contributed by atoms with Crippen molar-refractivity contribution in [2.24, 2.45) is 0 Å². The number of rotatable bonds is 2. The van der Waals surface area contributed by atoms with Gasteiger partial charge in [-0.3, -0.25) is 4.98 Å². The SMILES string of the molecule is CCc1c2nccc(Br)c2nn1-c1ccc(Br)cc1. The molecule has 0 atom stereocenters. The molecule has 19 heavy (non-hydrogen) atoms. The topological polar surface area (TPSA) is 30.7 Å². The number of halogens is 2. The Hall–Kier alpha value is -1.20. The summed E-state index contributed by atoms with van der Waals surface area (Å²) in [6.45, 7) is 2.12. The normalized spacial score (nSPS) is 11.1. The highest BCUT2D eigenvalue weighted by atomic mass is 79.9. The summed E-state index contributed by atoms with van der Waals surface area (Å²) in [6, 6.07) is 10.0. The molecule has 5 heteroatoms. The number of pyridine rings is 1. The van der Waals surface area contributed by atoms with Crippen LogP contribution in [0.4, 0.5) is 0 Å². The Bertz CT molecular complexity index is 732. The van der Waals surface area contributed by atoms with E-state index in [4.69, 9.17) is 0 Å². The van der Waals surface area contributed by atoms with Gasteiger partial charge in [0.05, 0.1) is 11.4 Å². The second kappa shape index (κ2) is 5.06. The van der Waals surface area contributed by atoms with Crippen molar-refractivity contribution in [1.82, 2.24) is 14.8 Å². The lowest BCUT2D eigenvalue weighted by atomic mass is 10.2. The van der Waals surface area contributed by atoms with Gasteiger partial charge < -0.3 is 0 Å². The van der Waals surface area contributed by atoms with Crippen LogP contribution in [0.3, 0.4) is 0 Å². The highest BCUT2D eigenvalue weighted by Crippen LogP contribution is 2.26. The average Bonchev–Trinajstić information content (AvgIpc) is 2.79. The van der Waals surface area contributed by atoms with Crippen LogP contribution in [0.25, 0.3) is 16.7 Å². The average molecular weight is 381 g/mol. The maximum absolute atomic E-state index is 4.67. The van der Waals surface area contributed by atoms with Gasteiger partial charge in [-0.15, -0.1) is 0 Å². The van der Waals surface area contributed by atoms with Crippen LogP contribution in [0.5, 0.6) is 0 Å². The summed E-state index contributed by atoms with van der Waals surface area (Å²) in [4.78, 5) is 4.45. The van der Waals surface area contributed by atoms with E-state index in [0.717, 1.165) is 37.8 Å². The predicted octanol–water partition coefficient (Wildman–Crippen LogP) is 4.51. The van der Waals surface area contributed by atoms with E-state index in [2.05, 4.69) is 48.9 Å². The molecule has 0 amide bonds. The molecule has 0 N–H and O–H groups in total. The summed E-state index contributed by atoms with van der Waals surface area (Å²) in [5.41, 5.74) is 4.03. The molecule has 0 fully saturated rings. The van der Waals surface area contributed by atoms with Crippen molar-refractivity contribution < 1.29 is 0 Å². The zero-order valence-corrected chi connectivity index (χ0v) is 13.4. The van der Waals surface area contributed by atoms with E-state index in [9.17, 15) is 0 Å². The summed E-state index contributed by atoms with van der Waals surface area (Å²) >= 11 is 6.98. The first-order valence-electron chi connectivity index (χ1n) is 5.98. The van der Waals surface area contributed by atoms with Gasteiger partial charge in [-0.05, 0) is 52.7 Å². The second-order valence-corrected chi connectivity index (χ2v) is 5.95. The molecule has 0 saturated heterocycles. The van der Waals surface area contributed by atoms with Crippen LogP contribution >= 0.6 is 31.9 Å². The van der Waals surface area contributed by atoms with Crippen molar-refractivity contribution in [3.8, 4) is 5.69 Å². The van der Waals surface area contributed by atoms with E-state index in [1.807, 2.05) is 35.0 Å². The molecule has 0 aliphatic carbocycles. The van der Waals surface area contributed by atoms with Crippen LogP contribution in [0.2, 0.25) is 0 Å². The molecule has 0 saturated carbocycles. The Balaban J connectivity index is 2.29. The molecule has 0 bridgehead atoms. The van der Waals surface area contributed by atoms with Crippen molar-refractivity contribution in [2.75, 3.05) is 0 Å². The van der Waals surface area contributed by atoms with Gasteiger partial charge >= 0.3 is 0 Å². The summed E-state index contributed by atoms with van der Waals surface area (Å²) in [5, 5.41) is 4.67. The maximum Gasteiger partial charge on any atom is 0.126 e. The minimum atomic E-state index is 0.885. The Morgan fingerprint density at radius 3 is 2.47 bits per heavy atom. The maximum atomic E-state index is 4.67. The van der Waals surface area contributed by atoms with Gasteiger partial charge in [0.25, 0.3) is 0 Å². The lowest BCUT2D eigenvalue weighted by molar-refractivity contribution is 0.824. The molecule has 0 unspecified atom stereocenters. The standard InChI is InChI=1S/C14H11Br2N3/c1-2-12-14-13(11(16)7-8-17-14)18-19(12)10-5-3-9(15)4-6-10/h3-8H,2H2,1H3. The summed E-state index contributed by atoms with van der Waals surface area (Å²) in [5.74, 6) is 0. The van der Waals surface area contributed by atoms with E-state index in [1.54, 1.807) is 6.20 Å². The zero-order valence-electron chi connectivity index (χ0n) is 10.3. The fraction of sp³-hybridized carbons (Fsp3) is 0.143. The molecular formula is C14H11Br2N3. The minimum absolute atomic E-state index is 0.885. The van der Waals surface area contributed by atoms with Crippen molar-refractivity contribution in [3.63, 3.8) is 0 Å². The first-order chi connectivity index (χ1) is 9.20. The Morgan fingerprint density at radius 1 is 1.05 bits per heavy atom. The van der Waals surface area contributed by atoms with Gasteiger partial charge in [-0.2, -0.15) is 5.10 Å². The number of aromatic nitrogens is 3. The van der Waals surface area contributed by atoms with Crippen LogP contribution in [-0.2, 0) is 6.42 Å². The number of benzene rings is 1. The zero-order chi connectivity index (χ0) is 13.4. The molecule has 0 aliphatic rings. The fourth-order valence-corrected chi connectivity index (χ4v) is 2.76. The van der Waals surface area contributed by atoms with Gasteiger partial charge in [0.2, 0.25) is 0 Å². The molecule has 96 valence electrons. The van der Waals surface area contributed by atoms with E-state index < -0.39 is 0 Å². The largest absolute Gasteiger partial charge is 0.253 e. The van der Waals surface area contributed by atoms with Gasteiger partial charge in [0.15, 0.2) is 0 Å². The summed E-state index contributed by atoms with van der Waals surface area (Å²) in [6.07, 6.45) is 2.69. The van der Waals surface area contributed by atoms with Crippen molar-refractivity contribution in [2.45, 2.75) is 13.3 Å². The number of hydrogen-bond acceptors (Lipinski definition) is 2. The summed E-state index contributed by atoms with van der Waals surface area (Å²) in [7, 11) is 0. The van der Waals surface area contributed by atoms with E-state index >= 15 is 0 Å². The van der Waals surface area contributed by atoms with Crippen LogP contribution in [0.15, 0.2) is 45.5 Å². The smallest absolute Gasteiger partial charge is 0.126 e. The minimum Gasteiger partial charge on any atom is -0.253 e. The van der Waals surface area contributed by atoms with Crippen LogP contribution in [-0.4, -0.2) is 14.8 Å². The Labute approximate surface area is 127 Å². The molecule has 2 aromatic heterocycles. The third kappa shape index (κ3) is 2.21. The Morgan fingerprint density at radius 2 is 1.79 bits per heavy atom. The lowest BCUT2D eigenvalue weighted by Gasteiger charge is -2.05. The molecule has 2 heterocycles. The van der Waals surface area contributed by atoms with E-state index in [1.165, 1.54) is 0 Å². The fourth-order valence-electron chi connectivity index (χ4n) is 2.11. The number of fused-ring (bicyclic) bond motifs is 1. The number of hydrogen-bond donors (Lipinski definition) is 0. The Kier molecular flexibility index (Phi) is 3.41. The quantitative estimate of drug-likeness (QED) is 0.654. The van der Waals surface area contributed by atoms with Crippen LogP contribution < -0.4 is 0 Å². The molecule has 1 aromatic carbocycles. The van der Waals surface area contributed by atoms with E-state index in [0.29, 0.717) is 0 Å². The first kappa shape index (κ1) is 12.8. The highest BCUT2D eigenvalue weighted by Gasteiger charge is 2.14. The lowest BCUT2D eigenvalue weighted by Crippen LogP contribution is -2.01. The third-order valence-corrected chi connectivity index (χ3v) is 4.18. The highest BCUT2D eigenvalue weighted by molar-refractivity contribution is 9.11. The molecule has 3 aromatic rings. The number of nitrogens with zero attached hydrogens (tertiary/aromatic N) is 3. The van der Waals surface area contributed by atoms with Gasteiger partial charge in [0.1, 0.15) is 11.0 Å². The van der Waals surface area contributed by atoms with Crippen LogP contribution in [0, 0.1) is 0 Å². The van der Waals surface area contributed by atoms with Crippen molar-refractivity contribution >= 4 is 42.9 Å². The first-order valence-corrected chi connectivity index (χ1v) is 7.57. The van der Waals surface area contributed by atoms with E-state index in [-0.39, 0.29) is 0 Å². The molecule has 0 spiro atoms. The van der Waals surface area contributed by atoms with Crippen molar-refractivity contribution in [1.29, 1.82) is 0 Å². The monoisotopic (exact) mass is 379 g/mol. The third-order valence-electron chi connectivity index (χ3n) is 3.01. The molecule has 0 radical (unpaired) electrons.